The standard InChI is InChI=1S/C35H42ClFN6O3S/c1-4-42(5-2)17-10-21-47(44,45)22-20-41(3)33-27-23-38-31(26-13-6-11-25-12-7-14-28(36)29(25)26)30(37)32(27)39-34(40-33)46-24-35-15-8-18-43(35)19-9-16-35/h6-7,10-14,21,23H,4-5,8-9,15-20,22,24H2,1-3H3/b21-10+. The quantitative estimate of drug-likeness (QED) is 0.160. The van der Waals surface area contributed by atoms with Crippen molar-refractivity contribution in [1.29, 1.82) is 0 Å². The van der Waals surface area contributed by atoms with Gasteiger partial charge >= 0.3 is 6.01 Å². The minimum Gasteiger partial charge on any atom is -0.461 e. The normalized spacial score (nSPS) is 16.6. The number of sulfone groups is 1. The lowest BCUT2D eigenvalue weighted by Crippen LogP contribution is -2.43. The van der Waals surface area contributed by atoms with Crippen molar-refractivity contribution in [1.82, 2.24) is 24.8 Å². The van der Waals surface area contributed by atoms with Gasteiger partial charge in [-0.25, -0.2) is 12.8 Å². The van der Waals surface area contributed by atoms with Crippen molar-refractivity contribution >= 4 is 48.9 Å². The maximum atomic E-state index is 16.6. The summed E-state index contributed by atoms with van der Waals surface area (Å²) in [7, 11) is -1.76. The van der Waals surface area contributed by atoms with Crippen molar-refractivity contribution in [2.75, 3.05) is 63.6 Å². The third kappa shape index (κ3) is 6.95. The lowest BCUT2D eigenvalue weighted by Gasteiger charge is -2.31. The molecular weight excluding hydrogens is 639 g/mol. The number of hydrogen-bond donors (Lipinski definition) is 0. The number of hydrogen-bond acceptors (Lipinski definition) is 9. The fraction of sp³-hybridized carbons (Fsp3) is 0.457. The van der Waals surface area contributed by atoms with Gasteiger partial charge in [0, 0.05) is 47.7 Å². The van der Waals surface area contributed by atoms with Gasteiger partial charge in [0.25, 0.3) is 0 Å². The van der Waals surface area contributed by atoms with Crippen molar-refractivity contribution in [3.8, 4) is 17.3 Å². The van der Waals surface area contributed by atoms with E-state index in [1.807, 2.05) is 38.1 Å². The van der Waals surface area contributed by atoms with Crippen LogP contribution in [0.1, 0.15) is 39.5 Å². The minimum absolute atomic E-state index is 0.0556. The maximum Gasteiger partial charge on any atom is 0.319 e. The fourth-order valence-electron chi connectivity index (χ4n) is 6.98. The predicted molar refractivity (Wildman–Crippen MR) is 187 cm³/mol. The molecule has 0 N–H and O–H groups in total. The summed E-state index contributed by atoms with van der Waals surface area (Å²) in [5.74, 6) is -0.403. The highest BCUT2D eigenvalue weighted by Crippen LogP contribution is 2.40. The first-order chi connectivity index (χ1) is 22.6. The molecule has 0 spiro atoms. The minimum atomic E-state index is -3.50. The van der Waals surface area contributed by atoms with E-state index in [1.54, 1.807) is 36.4 Å². The molecule has 0 unspecified atom stereocenters. The topological polar surface area (TPSA) is 91.8 Å². The highest BCUT2D eigenvalue weighted by atomic mass is 35.5. The van der Waals surface area contributed by atoms with E-state index in [1.165, 1.54) is 5.41 Å². The number of benzene rings is 2. The molecule has 0 saturated carbocycles. The summed E-state index contributed by atoms with van der Waals surface area (Å²) >= 11 is 6.59. The third-order valence-electron chi connectivity index (χ3n) is 9.67. The van der Waals surface area contributed by atoms with E-state index in [2.05, 4.69) is 19.8 Å². The molecule has 9 nitrogen and oxygen atoms in total. The first-order valence-electron chi connectivity index (χ1n) is 16.4. The number of aromatic nitrogens is 3. The third-order valence-corrected chi connectivity index (χ3v) is 11.3. The molecule has 6 rings (SSSR count). The van der Waals surface area contributed by atoms with Gasteiger partial charge in [-0.2, -0.15) is 9.97 Å². The van der Waals surface area contributed by atoms with Crippen LogP contribution in [0.3, 0.4) is 0 Å². The van der Waals surface area contributed by atoms with Crippen molar-refractivity contribution < 1.29 is 17.5 Å². The Kier molecular flexibility index (Phi) is 9.98. The number of fused-ring (bicyclic) bond motifs is 3. The number of pyridine rings is 1. The molecule has 0 bridgehead atoms. The van der Waals surface area contributed by atoms with Crippen LogP contribution in [-0.2, 0) is 9.84 Å². The van der Waals surface area contributed by atoms with Gasteiger partial charge in [-0.05, 0) is 63.3 Å². The molecule has 4 heterocycles. The van der Waals surface area contributed by atoms with Crippen LogP contribution >= 0.6 is 11.6 Å². The van der Waals surface area contributed by atoms with Crippen LogP contribution in [0.4, 0.5) is 10.2 Å². The monoisotopic (exact) mass is 680 g/mol. The van der Waals surface area contributed by atoms with E-state index in [0.29, 0.717) is 40.3 Å². The molecule has 2 aromatic heterocycles. The summed E-state index contributed by atoms with van der Waals surface area (Å²) < 4.78 is 48.8. The van der Waals surface area contributed by atoms with Crippen molar-refractivity contribution in [2.45, 2.75) is 45.1 Å². The molecule has 12 heteroatoms. The van der Waals surface area contributed by atoms with Crippen LogP contribution in [0.5, 0.6) is 6.01 Å². The number of likely N-dealkylation sites (N-methyl/N-ethyl adjacent to an activating group) is 1. The van der Waals surface area contributed by atoms with Crippen molar-refractivity contribution in [3.63, 3.8) is 0 Å². The van der Waals surface area contributed by atoms with Crippen LogP contribution in [0, 0.1) is 5.82 Å². The molecule has 2 saturated heterocycles. The molecule has 2 aromatic carbocycles. The van der Waals surface area contributed by atoms with Crippen LogP contribution in [0.25, 0.3) is 32.9 Å². The highest BCUT2D eigenvalue weighted by molar-refractivity contribution is 7.94. The van der Waals surface area contributed by atoms with Crippen molar-refractivity contribution in [3.05, 3.63) is 64.9 Å². The zero-order valence-corrected chi connectivity index (χ0v) is 28.8. The van der Waals surface area contributed by atoms with Gasteiger partial charge < -0.3 is 14.5 Å². The molecular formula is C35H42ClFN6O3S. The zero-order chi connectivity index (χ0) is 33.2. The Balaban J connectivity index is 1.36. The van der Waals surface area contributed by atoms with E-state index >= 15 is 4.39 Å². The van der Waals surface area contributed by atoms with Crippen LogP contribution in [0.15, 0.2) is 54.1 Å². The van der Waals surface area contributed by atoms with Gasteiger partial charge in [0.15, 0.2) is 15.7 Å². The van der Waals surface area contributed by atoms with Crippen molar-refractivity contribution in [2.24, 2.45) is 0 Å². The number of ether oxygens (including phenoxy) is 1. The number of rotatable bonds is 13. The second kappa shape index (κ2) is 14.0. The lowest BCUT2D eigenvalue weighted by molar-refractivity contribution is 0.108. The summed E-state index contributed by atoms with van der Waals surface area (Å²) in [6, 6.07) is 11.2. The van der Waals surface area contributed by atoms with E-state index in [-0.39, 0.29) is 35.1 Å². The average Bonchev–Trinajstić information content (AvgIpc) is 3.65. The first-order valence-corrected chi connectivity index (χ1v) is 18.5. The number of anilines is 1. The molecule has 47 heavy (non-hydrogen) atoms. The molecule has 0 radical (unpaired) electrons. The largest absolute Gasteiger partial charge is 0.461 e. The van der Waals surface area contributed by atoms with E-state index in [9.17, 15) is 8.42 Å². The highest BCUT2D eigenvalue weighted by Gasteiger charge is 2.45. The average molecular weight is 681 g/mol. The van der Waals surface area contributed by atoms with Crippen LogP contribution < -0.4 is 9.64 Å². The Labute approximate surface area is 281 Å². The van der Waals surface area contributed by atoms with E-state index in [0.717, 1.165) is 57.2 Å². The maximum absolute atomic E-state index is 16.6. The number of nitrogens with zero attached hydrogens (tertiary/aromatic N) is 6. The SMILES string of the molecule is CCN(CC)C/C=C/S(=O)(=O)CCN(C)c1nc(OCC23CCCN2CCC3)nc2c(F)c(-c3cccc4cccc(Cl)c34)ncc12. The Morgan fingerprint density at radius 2 is 1.81 bits per heavy atom. The van der Waals surface area contributed by atoms with Gasteiger partial charge in [-0.15, -0.1) is 0 Å². The second-order valence-corrected chi connectivity index (χ2v) is 14.9. The van der Waals surface area contributed by atoms with Gasteiger partial charge in [-0.1, -0.05) is 61.9 Å². The van der Waals surface area contributed by atoms with Gasteiger partial charge in [0.05, 0.1) is 16.7 Å². The molecule has 2 aliphatic rings. The fourth-order valence-corrected chi connectivity index (χ4v) is 8.30. The lowest BCUT2D eigenvalue weighted by atomic mass is 9.95. The van der Waals surface area contributed by atoms with Gasteiger partial charge in [0.2, 0.25) is 0 Å². The second-order valence-electron chi connectivity index (χ2n) is 12.5. The van der Waals surface area contributed by atoms with E-state index in [4.69, 9.17) is 21.3 Å². The van der Waals surface area contributed by atoms with Crippen LogP contribution in [0.2, 0.25) is 5.02 Å². The Hall–Kier alpha value is -3.38. The Bertz CT molecular complexity index is 1890. The summed E-state index contributed by atoms with van der Waals surface area (Å²) in [4.78, 5) is 20.2. The summed E-state index contributed by atoms with van der Waals surface area (Å²) in [6.07, 6.45) is 7.54. The molecule has 2 fully saturated rings. The van der Waals surface area contributed by atoms with Gasteiger partial charge in [0.1, 0.15) is 23.6 Å². The zero-order valence-electron chi connectivity index (χ0n) is 27.3. The summed E-state index contributed by atoms with van der Waals surface area (Å²) in [5.41, 5.74) is 0.668. The molecule has 4 aromatic rings. The van der Waals surface area contributed by atoms with Gasteiger partial charge in [-0.3, -0.25) is 9.88 Å². The molecule has 0 atom stereocenters. The smallest absolute Gasteiger partial charge is 0.319 e. The summed E-state index contributed by atoms with van der Waals surface area (Å²) in [5, 5.41) is 3.71. The van der Waals surface area contributed by atoms with E-state index < -0.39 is 15.7 Å². The van der Waals surface area contributed by atoms with Crippen LogP contribution in [-0.4, -0.2) is 97.4 Å². The first kappa shape index (κ1) is 33.5. The number of halogens is 2. The molecule has 0 aliphatic carbocycles. The molecule has 2 aliphatic heterocycles. The molecule has 250 valence electrons. The Morgan fingerprint density at radius 3 is 2.53 bits per heavy atom. The summed E-state index contributed by atoms with van der Waals surface area (Å²) in [6.45, 7) is 8.96. The Morgan fingerprint density at radius 1 is 1.09 bits per heavy atom. The predicted octanol–water partition coefficient (Wildman–Crippen LogP) is 6.35. The molecule has 0 amide bonds.